The minimum atomic E-state index is -4.65. The van der Waals surface area contributed by atoms with Crippen molar-refractivity contribution in [3.05, 3.63) is 28.7 Å². The molecule has 1 aliphatic heterocycles. The predicted molar refractivity (Wildman–Crippen MR) is 76.3 cm³/mol. The van der Waals surface area contributed by atoms with E-state index in [4.69, 9.17) is 4.42 Å². The van der Waals surface area contributed by atoms with Crippen molar-refractivity contribution in [1.82, 2.24) is 9.47 Å². The summed E-state index contributed by atoms with van der Waals surface area (Å²) in [4.78, 5) is 35.2. The first-order valence-corrected chi connectivity index (χ1v) is 6.93. The molecule has 0 bridgehead atoms. The number of fused-ring (bicyclic) bond motifs is 1. The third-order valence-electron chi connectivity index (χ3n) is 3.71. The number of imide groups is 1. The zero-order valence-corrected chi connectivity index (χ0v) is 12.4. The summed E-state index contributed by atoms with van der Waals surface area (Å²) in [6, 6.07) is 3.47. The summed E-state index contributed by atoms with van der Waals surface area (Å²) in [7, 11) is 1.52. The van der Waals surface area contributed by atoms with Gasteiger partial charge < -0.3 is 9.73 Å². The fourth-order valence-corrected chi connectivity index (χ4v) is 2.57. The molecule has 0 unspecified atom stereocenters. The van der Waals surface area contributed by atoms with Gasteiger partial charge in [0.2, 0.25) is 5.91 Å². The summed E-state index contributed by atoms with van der Waals surface area (Å²) in [6.45, 7) is -1.60. The van der Waals surface area contributed by atoms with Crippen LogP contribution >= 0.6 is 0 Å². The van der Waals surface area contributed by atoms with Gasteiger partial charge in [-0.15, -0.1) is 0 Å². The van der Waals surface area contributed by atoms with Crippen LogP contribution in [0.1, 0.15) is 6.42 Å². The third kappa shape index (κ3) is 2.86. The summed E-state index contributed by atoms with van der Waals surface area (Å²) in [5, 5.41) is 2.71. The first-order chi connectivity index (χ1) is 11.2. The minimum absolute atomic E-state index is 0.193. The standard InChI is InChI=1S/C14H12F3N3O4/c1-19-9-3-2-7(4-10(9)24-13(19)23)18-8-5-11(21)20(12(8)22)6-14(15,16)17/h2-4,8,18H,5-6H2,1H3/t8-/m1/s1. The lowest BCUT2D eigenvalue weighted by Crippen LogP contribution is -2.40. The summed E-state index contributed by atoms with van der Waals surface area (Å²) < 4.78 is 43.5. The van der Waals surface area contributed by atoms with E-state index in [0.717, 1.165) is 0 Å². The number of amides is 2. The Balaban J connectivity index is 1.80. The van der Waals surface area contributed by atoms with E-state index in [-0.39, 0.29) is 16.9 Å². The van der Waals surface area contributed by atoms with Gasteiger partial charge in [0.25, 0.3) is 5.91 Å². The number of aromatic nitrogens is 1. The highest BCUT2D eigenvalue weighted by atomic mass is 19.4. The maximum atomic E-state index is 12.4. The molecule has 1 saturated heterocycles. The number of likely N-dealkylation sites (tertiary alicyclic amines) is 1. The molecule has 7 nitrogen and oxygen atoms in total. The molecule has 2 amide bonds. The molecule has 0 radical (unpaired) electrons. The highest BCUT2D eigenvalue weighted by molar-refractivity contribution is 6.07. The molecule has 10 heteroatoms. The van der Waals surface area contributed by atoms with Crippen molar-refractivity contribution in [2.75, 3.05) is 11.9 Å². The van der Waals surface area contributed by atoms with Crippen molar-refractivity contribution in [3.63, 3.8) is 0 Å². The van der Waals surface area contributed by atoms with Crippen molar-refractivity contribution in [2.45, 2.75) is 18.6 Å². The number of alkyl halides is 3. The number of hydrogen-bond acceptors (Lipinski definition) is 5. The number of carbonyl (C=O) groups is 2. The van der Waals surface area contributed by atoms with Gasteiger partial charge in [-0.05, 0) is 12.1 Å². The number of nitrogens with one attached hydrogen (secondary N) is 1. The van der Waals surface area contributed by atoms with Gasteiger partial charge in [0.1, 0.15) is 12.6 Å². The number of carbonyl (C=O) groups excluding carboxylic acids is 2. The lowest BCUT2D eigenvalue weighted by Gasteiger charge is -2.17. The van der Waals surface area contributed by atoms with Crippen molar-refractivity contribution >= 4 is 28.6 Å². The summed E-state index contributed by atoms with van der Waals surface area (Å²) in [5.41, 5.74) is 1.14. The number of anilines is 1. The van der Waals surface area contributed by atoms with Crippen molar-refractivity contribution < 1.29 is 27.2 Å². The lowest BCUT2D eigenvalue weighted by atomic mass is 10.2. The van der Waals surface area contributed by atoms with Gasteiger partial charge in [-0.3, -0.25) is 19.1 Å². The molecule has 1 aliphatic rings. The molecule has 1 aromatic carbocycles. The molecule has 0 aliphatic carbocycles. The van der Waals surface area contributed by atoms with Crippen LogP contribution in [0, 0.1) is 0 Å². The SMILES string of the molecule is Cn1c(=O)oc2cc(N[C@@H]3CC(=O)N(CC(F)(F)F)C3=O)ccc21. The molecule has 1 aromatic heterocycles. The molecule has 128 valence electrons. The monoisotopic (exact) mass is 343 g/mol. The molecule has 1 fully saturated rings. The van der Waals surface area contributed by atoms with E-state index in [2.05, 4.69) is 5.32 Å². The van der Waals surface area contributed by atoms with Gasteiger partial charge in [-0.1, -0.05) is 0 Å². The van der Waals surface area contributed by atoms with Gasteiger partial charge in [0, 0.05) is 18.8 Å². The quantitative estimate of drug-likeness (QED) is 0.848. The van der Waals surface area contributed by atoms with Gasteiger partial charge in [0.05, 0.1) is 11.9 Å². The highest BCUT2D eigenvalue weighted by Crippen LogP contribution is 2.25. The summed E-state index contributed by atoms with van der Waals surface area (Å²) >= 11 is 0. The van der Waals surface area contributed by atoms with Crippen molar-refractivity contribution in [3.8, 4) is 0 Å². The second kappa shape index (κ2) is 5.39. The predicted octanol–water partition coefficient (Wildman–Crippen LogP) is 1.23. The maximum Gasteiger partial charge on any atom is 0.419 e. The molecule has 1 N–H and O–H groups in total. The van der Waals surface area contributed by atoms with Gasteiger partial charge in [0.15, 0.2) is 5.58 Å². The Morgan fingerprint density at radius 2 is 2.00 bits per heavy atom. The Bertz CT molecular complexity index is 883. The number of hydrogen-bond donors (Lipinski definition) is 1. The lowest BCUT2D eigenvalue weighted by molar-refractivity contribution is -0.165. The van der Waals surface area contributed by atoms with Crippen molar-refractivity contribution in [2.24, 2.45) is 7.05 Å². The second-order valence-electron chi connectivity index (χ2n) is 5.44. The summed E-state index contributed by atoms with van der Waals surface area (Å²) in [5.74, 6) is -2.39. The maximum absolute atomic E-state index is 12.4. The van der Waals surface area contributed by atoms with Gasteiger partial charge in [-0.2, -0.15) is 13.2 Å². The molecule has 0 spiro atoms. The number of halogens is 3. The van der Waals surface area contributed by atoms with Crippen LogP contribution in [0.4, 0.5) is 18.9 Å². The average Bonchev–Trinajstić information content (AvgIpc) is 2.89. The first-order valence-electron chi connectivity index (χ1n) is 6.93. The first kappa shape index (κ1) is 16.1. The number of benzene rings is 1. The van der Waals surface area contributed by atoms with Crippen LogP contribution in [-0.4, -0.2) is 40.0 Å². The van der Waals surface area contributed by atoms with E-state index in [1.165, 1.54) is 17.7 Å². The van der Waals surface area contributed by atoms with Gasteiger partial charge in [-0.25, -0.2) is 4.79 Å². The van der Waals surface area contributed by atoms with E-state index >= 15 is 0 Å². The van der Waals surface area contributed by atoms with Crippen LogP contribution in [0.2, 0.25) is 0 Å². The molecule has 24 heavy (non-hydrogen) atoms. The molecule has 0 saturated carbocycles. The Kier molecular flexibility index (Phi) is 3.61. The topological polar surface area (TPSA) is 84.6 Å². The van der Waals surface area contributed by atoms with Crippen molar-refractivity contribution in [1.29, 1.82) is 0 Å². The Labute approximate surface area is 132 Å². The third-order valence-corrected chi connectivity index (χ3v) is 3.71. The van der Waals surface area contributed by atoms with Crippen LogP contribution in [0.3, 0.4) is 0 Å². The zero-order chi connectivity index (χ0) is 17.6. The molecule has 2 heterocycles. The number of nitrogens with zero attached hydrogens (tertiary/aromatic N) is 2. The van der Waals surface area contributed by atoms with Gasteiger partial charge >= 0.3 is 11.9 Å². The number of oxazole rings is 1. The van der Waals surface area contributed by atoms with Crippen LogP contribution in [-0.2, 0) is 16.6 Å². The Hall–Kier alpha value is -2.78. The molecular formula is C14H12F3N3O4. The normalized spacial score (nSPS) is 18.7. The summed E-state index contributed by atoms with van der Waals surface area (Å²) in [6.07, 6.45) is -5.02. The fraction of sp³-hybridized carbons (Fsp3) is 0.357. The highest BCUT2D eigenvalue weighted by Gasteiger charge is 2.44. The van der Waals surface area contributed by atoms with Crippen LogP contribution in [0.5, 0.6) is 0 Å². The largest absolute Gasteiger partial charge is 0.419 e. The molecule has 2 aromatic rings. The van der Waals surface area contributed by atoms with Crippen LogP contribution < -0.4 is 11.1 Å². The van der Waals surface area contributed by atoms with Crippen LogP contribution in [0.15, 0.2) is 27.4 Å². The fourth-order valence-electron chi connectivity index (χ4n) is 2.57. The minimum Gasteiger partial charge on any atom is -0.408 e. The molecule has 3 rings (SSSR count). The average molecular weight is 343 g/mol. The second-order valence-corrected chi connectivity index (χ2v) is 5.44. The zero-order valence-electron chi connectivity index (χ0n) is 12.4. The molecular weight excluding hydrogens is 331 g/mol. The Morgan fingerprint density at radius 3 is 2.67 bits per heavy atom. The molecule has 1 atom stereocenters. The van der Waals surface area contributed by atoms with E-state index in [1.807, 2.05) is 0 Å². The Morgan fingerprint density at radius 1 is 1.29 bits per heavy atom. The number of aryl methyl sites for hydroxylation is 1. The van der Waals surface area contributed by atoms with E-state index in [1.54, 1.807) is 12.1 Å². The van der Waals surface area contributed by atoms with Crippen LogP contribution in [0.25, 0.3) is 11.1 Å². The number of rotatable bonds is 3. The van der Waals surface area contributed by atoms with E-state index < -0.39 is 36.3 Å². The smallest absolute Gasteiger partial charge is 0.408 e. The van der Waals surface area contributed by atoms with E-state index in [9.17, 15) is 27.6 Å². The van der Waals surface area contributed by atoms with E-state index in [0.29, 0.717) is 11.2 Å².